The molecule has 1 heterocycles. The molecule has 0 saturated carbocycles. The van der Waals surface area contributed by atoms with E-state index in [1.165, 1.54) is 6.92 Å². The third-order valence-electron chi connectivity index (χ3n) is 3.09. The fraction of sp³-hybridized carbons (Fsp3) is 0.385. The van der Waals surface area contributed by atoms with Crippen LogP contribution >= 0.6 is 0 Å². The van der Waals surface area contributed by atoms with Gasteiger partial charge in [-0.3, -0.25) is 4.90 Å². The Hall–Kier alpha value is -2.08. The van der Waals surface area contributed by atoms with Crippen LogP contribution in [0.5, 0.6) is 0 Å². The summed E-state index contributed by atoms with van der Waals surface area (Å²) in [6, 6.07) is 9.18. The quantitative estimate of drug-likeness (QED) is 0.895. The molecule has 1 saturated heterocycles. The third kappa shape index (κ3) is 2.68. The SMILES string of the molecule is C[C@]1(C(=O)O)COCN1C(=O)OCc1ccccc1. The fourth-order valence-electron chi connectivity index (χ4n) is 1.78. The number of rotatable bonds is 3. The van der Waals surface area contributed by atoms with Gasteiger partial charge in [0.2, 0.25) is 0 Å². The highest BCUT2D eigenvalue weighted by Gasteiger charge is 2.48. The number of hydrogen-bond donors (Lipinski definition) is 1. The van der Waals surface area contributed by atoms with Crippen LogP contribution in [0, 0.1) is 0 Å². The average molecular weight is 265 g/mol. The van der Waals surface area contributed by atoms with Gasteiger partial charge in [0.25, 0.3) is 0 Å². The van der Waals surface area contributed by atoms with Gasteiger partial charge < -0.3 is 14.6 Å². The summed E-state index contributed by atoms with van der Waals surface area (Å²) >= 11 is 0. The van der Waals surface area contributed by atoms with E-state index in [0.717, 1.165) is 10.5 Å². The smallest absolute Gasteiger partial charge is 0.412 e. The van der Waals surface area contributed by atoms with E-state index in [-0.39, 0.29) is 19.9 Å². The van der Waals surface area contributed by atoms with Crippen molar-refractivity contribution in [2.75, 3.05) is 13.3 Å². The van der Waals surface area contributed by atoms with E-state index in [1.54, 1.807) is 0 Å². The Balaban J connectivity index is 1.98. The van der Waals surface area contributed by atoms with Crippen LogP contribution in [0.1, 0.15) is 12.5 Å². The molecule has 0 spiro atoms. The van der Waals surface area contributed by atoms with Crippen molar-refractivity contribution in [2.24, 2.45) is 0 Å². The first kappa shape index (κ1) is 13.4. The first-order valence-electron chi connectivity index (χ1n) is 5.83. The summed E-state index contributed by atoms with van der Waals surface area (Å²) in [5.41, 5.74) is -0.527. The van der Waals surface area contributed by atoms with Crippen LogP contribution in [0.2, 0.25) is 0 Å². The highest BCUT2D eigenvalue weighted by molar-refractivity contribution is 5.84. The monoisotopic (exact) mass is 265 g/mol. The van der Waals surface area contributed by atoms with Gasteiger partial charge in [-0.25, -0.2) is 9.59 Å². The normalized spacial score (nSPS) is 22.3. The Labute approximate surface area is 110 Å². The van der Waals surface area contributed by atoms with E-state index in [9.17, 15) is 9.59 Å². The van der Waals surface area contributed by atoms with Gasteiger partial charge >= 0.3 is 12.1 Å². The van der Waals surface area contributed by atoms with E-state index >= 15 is 0 Å². The summed E-state index contributed by atoms with van der Waals surface area (Å²) < 4.78 is 10.2. The van der Waals surface area contributed by atoms with Crippen LogP contribution in [0.4, 0.5) is 4.79 Å². The third-order valence-corrected chi connectivity index (χ3v) is 3.09. The van der Waals surface area contributed by atoms with Crippen LogP contribution in [0.15, 0.2) is 30.3 Å². The summed E-state index contributed by atoms with van der Waals surface area (Å²) in [4.78, 5) is 24.2. The van der Waals surface area contributed by atoms with Gasteiger partial charge in [-0.15, -0.1) is 0 Å². The topological polar surface area (TPSA) is 76.1 Å². The lowest BCUT2D eigenvalue weighted by molar-refractivity contribution is -0.147. The first-order chi connectivity index (χ1) is 9.04. The van der Waals surface area contributed by atoms with Crippen LogP contribution in [0.3, 0.4) is 0 Å². The van der Waals surface area contributed by atoms with Gasteiger partial charge in [-0.1, -0.05) is 30.3 Å². The molecular weight excluding hydrogens is 250 g/mol. The van der Waals surface area contributed by atoms with Crippen molar-refractivity contribution in [1.29, 1.82) is 0 Å². The molecule has 102 valence electrons. The van der Waals surface area contributed by atoms with Crippen LogP contribution in [0.25, 0.3) is 0 Å². The van der Waals surface area contributed by atoms with E-state index in [4.69, 9.17) is 14.6 Å². The van der Waals surface area contributed by atoms with Crippen LogP contribution < -0.4 is 0 Å². The molecule has 1 atom stereocenters. The van der Waals surface area contributed by atoms with Gasteiger partial charge in [0.15, 0.2) is 5.54 Å². The lowest BCUT2D eigenvalue weighted by Gasteiger charge is -2.27. The number of carboxylic acids is 1. The number of ether oxygens (including phenoxy) is 2. The molecule has 0 radical (unpaired) electrons. The van der Waals surface area contributed by atoms with Crippen LogP contribution in [-0.4, -0.2) is 40.9 Å². The second-order valence-corrected chi connectivity index (χ2v) is 4.52. The highest BCUT2D eigenvalue weighted by Crippen LogP contribution is 2.23. The van der Waals surface area contributed by atoms with Crippen molar-refractivity contribution in [1.82, 2.24) is 4.90 Å². The molecular formula is C13H15NO5. The number of carbonyl (C=O) groups is 2. The van der Waals surface area contributed by atoms with Gasteiger partial charge in [0.05, 0.1) is 6.61 Å². The van der Waals surface area contributed by atoms with Crippen molar-refractivity contribution in [3.63, 3.8) is 0 Å². The Kier molecular flexibility index (Phi) is 3.71. The highest BCUT2D eigenvalue weighted by atomic mass is 16.6. The maximum absolute atomic E-state index is 11.9. The largest absolute Gasteiger partial charge is 0.479 e. The van der Waals surface area contributed by atoms with Gasteiger partial charge in [0, 0.05) is 0 Å². The predicted molar refractivity (Wildman–Crippen MR) is 65.3 cm³/mol. The Bertz CT molecular complexity index is 475. The minimum Gasteiger partial charge on any atom is -0.479 e. The summed E-state index contributed by atoms with van der Waals surface area (Å²) in [7, 11) is 0. The van der Waals surface area contributed by atoms with Crippen LogP contribution in [-0.2, 0) is 20.9 Å². The zero-order valence-electron chi connectivity index (χ0n) is 10.5. The van der Waals surface area contributed by atoms with E-state index in [1.807, 2.05) is 30.3 Å². The zero-order chi connectivity index (χ0) is 13.9. The number of hydrogen-bond acceptors (Lipinski definition) is 4. The summed E-state index contributed by atoms with van der Waals surface area (Å²) in [6.45, 7) is 1.43. The fourth-order valence-corrected chi connectivity index (χ4v) is 1.78. The predicted octanol–water partition coefficient (Wildman–Crippen LogP) is 1.46. The van der Waals surface area contributed by atoms with E-state index in [0.29, 0.717) is 0 Å². The van der Waals surface area contributed by atoms with Crippen molar-refractivity contribution in [2.45, 2.75) is 19.1 Å². The minimum atomic E-state index is -1.37. The van der Waals surface area contributed by atoms with Gasteiger partial charge in [-0.2, -0.15) is 0 Å². The first-order valence-corrected chi connectivity index (χ1v) is 5.83. The maximum atomic E-state index is 11.9. The number of amides is 1. The number of aliphatic carboxylic acids is 1. The molecule has 1 amide bonds. The average Bonchev–Trinajstić information content (AvgIpc) is 2.81. The molecule has 1 N–H and O–H groups in total. The molecule has 2 rings (SSSR count). The lowest BCUT2D eigenvalue weighted by atomic mass is 10.0. The Morgan fingerprint density at radius 2 is 2.11 bits per heavy atom. The molecule has 0 aromatic heterocycles. The molecule has 1 aromatic rings. The Morgan fingerprint density at radius 1 is 1.42 bits per heavy atom. The zero-order valence-corrected chi connectivity index (χ0v) is 10.5. The van der Waals surface area contributed by atoms with E-state index < -0.39 is 17.6 Å². The molecule has 0 bridgehead atoms. The van der Waals surface area contributed by atoms with Gasteiger partial charge in [0.1, 0.15) is 13.3 Å². The molecule has 19 heavy (non-hydrogen) atoms. The molecule has 1 aliphatic heterocycles. The van der Waals surface area contributed by atoms with Crippen molar-refractivity contribution >= 4 is 12.1 Å². The molecule has 6 nitrogen and oxygen atoms in total. The minimum absolute atomic E-state index is 0.0389. The maximum Gasteiger partial charge on any atom is 0.412 e. The standard InChI is InChI=1S/C13H15NO5/c1-13(11(15)16)8-18-9-14(13)12(17)19-7-10-5-3-2-4-6-10/h2-6H,7-9H2,1H3,(H,15,16)/t13-/m1/s1. The molecule has 0 unspecified atom stereocenters. The molecule has 0 aliphatic carbocycles. The number of nitrogens with zero attached hydrogens (tertiary/aromatic N) is 1. The number of carbonyl (C=O) groups excluding carboxylic acids is 1. The summed E-state index contributed by atoms with van der Waals surface area (Å²) in [5, 5.41) is 9.15. The number of carboxylic acid groups (broad SMARTS) is 1. The second kappa shape index (κ2) is 5.27. The van der Waals surface area contributed by atoms with Gasteiger partial charge in [-0.05, 0) is 12.5 Å². The summed E-state index contributed by atoms with van der Waals surface area (Å²) in [5.74, 6) is -1.11. The summed E-state index contributed by atoms with van der Waals surface area (Å²) in [6.07, 6.45) is -0.689. The van der Waals surface area contributed by atoms with Crippen molar-refractivity contribution in [3.8, 4) is 0 Å². The molecule has 1 aromatic carbocycles. The number of benzene rings is 1. The van der Waals surface area contributed by atoms with Crippen molar-refractivity contribution in [3.05, 3.63) is 35.9 Å². The Morgan fingerprint density at radius 3 is 2.74 bits per heavy atom. The van der Waals surface area contributed by atoms with E-state index in [2.05, 4.69) is 0 Å². The molecule has 6 heteroatoms. The van der Waals surface area contributed by atoms with Crippen molar-refractivity contribution < 1.29 is 24.2 Å². The lowest BCUT2D eigenvalue weighted by Crippen LogP contribution is -2.52. The molecule has 1 aliphatic rings. The molecule has 1 fully saturated rings. The second-order valence-electron chi connectivity index (χ2n) is 4.52.